The summed E-state index contributed by atoms with van der Waals surface area (Å²) in [6, 6.07) is 3.94. The SMILES string of the molecule is CN1CCCn2c1nc1c(F)cc(-c3nc(NC4CCC(N)CC4)ncc3Cl)cc12. The maximum absolute atomic E-state index is 15.0. The minimum absolute atomic E-state index is 0.278. The molecular formula is C21H25ClFN7. The van der Waals surface area contributed by atoms with Crippen molar-refractivity contribution in [2.45, 2.75) is 50.7 Å². The van der Waals surface area contributed by atoms with Crippen molar-refractivity contribution in [3.63, 3.8) is 0 Å². The smallest absolute Gasteiger partial charge is 0.223 e. The maximum atomic E-state index is 15.0. The first kappa shape index (κ1) is 19.5. The number of hydrogen-bond donors (Lipinski definition) is 2. The number of aromatic nitrogens is 4. The van der Waals surface area contributed by atoms with Crippen molar-refractivity contribution in [2.75, 3.05) is 23.8 Å². The summed E-state index contributed by atoms with van der Waals surface area (Å²) in [5, 5.41) is 3.78. The van der Waals surface area contributed by atoms with Gasteiger partial charge < -0.3 is 20.5 Å². The van der Waals surface area contributed by atoms with Gasteiger partial charge in [-0.25, -0.2) is 19.3 Å². The highest BCUT2D eigenvalue weighted by molar-refractivity contribution is 6.33. The Morgan fingerprint density at radius 2 is 1.97 bits per heavy atom. The Bertz CT molecular complexity index is 1090. The monoisotopic (exact) mass is 429 g/mol. The van der Waals surface area contributed by atoms with E-state index in [9.17, 15) is 4.39 Å². The number of halogens is 2. The van der Waals surface area contributed by atoms with Gasteiger partial charge in [0.2, 0.25) is 11.9 Å². The van der Waals surface area contributed by atoms with Crippen LogP contribution < -0.4 is 16.0 Å². The average molecular weight is 430 g/mol. The van der Waals surface area contributed by atoms with E-state index in [0.29, 0.717) is 27.7 Å². The van der Waals surface area contributed by atoms with E-state index in [1.807, 2.05) is 13.1 Å². The van der Waals surface area contributed by atoms with Crippen LogP contribution in [0.25, 0.3) is 22.3 Å². The van der Waals surface area contributed by atoms with Crippen molar-refractivity contribution in [3.8, 4) is 11.3 Å². The highest BCUT2D eigenvalue weighted by Crippen LogP contribution is 2.34. The number of benzene rings is 1. The van der Waals surface area contributed by atoms with Gasteiger partial charge >= 0.3 is 0 Å². The molecule has 30 heavy (non-hydrogen) atoms. The third-order valence-electron chi connectivity index (χ3n) is 6.13. The molecular weight excluding hydrogens is 405 g/mol. The number of nitrogens with two attached hydrogens (primary N) is 1. The van der Waals surface area contributed by atoms with Gasteiger partial charge in [0.25, 0.3) is 0 Å². The molecule has 7 nitrogen and oxygen atoms in total. The molecule has 0 atom stereocenters. The summed E-state index contributed by atoms with van der Waals surface area (Å²) >= 11 is 6.41. The number of rotatable bonds is 3. The van der Waals surface area contributed by atoms with Crippen molar-refractivity contribution in [1.29, 1.82) is 0 Å². The third-order valence-corrected chi connectivity index (χ3v) is 6.40. The molecule has 0 saturated heterocycles. The zero-order chi connectivity index (χ0) is 20.8. The van der Waals surface area contributed by atoms with E-state index in [1.54, 1.807) is 6.20 Å². The van der Waals surface area contributed by atoms with Gasteiger partial charge in [-0.05, 0) is 44.2 Å². The Balaban J connectivity index is 1.52. The molecule has 1 fully saturated rings. The first-order chi connectivity index (χ1) is 14.5. The van der Waals surface area contributed by atoms with Gasteiger partial charge in [0.1, 0.15) is 5.52 Å². The lowest BCUT2D eigenvalue weighted by atomic mass is 9.92. The summed E-state index contributed by atoms with van der Waals surface area (Å²) in [5.41, 5.74) is 8.27. The predicted octanol–water partition coefficient (Wildman–Crippen LogP) is 3.81. The fourth-order valence-corrected chi connectivity index (χ4v) is 4.67. The van der Waals surface area contributed by atoms with Gasteiger partial charge in [0, 0.05) is 37.8 Å². The molecule has 1 saturated carbocycles. The van der Waals surface area contributed by atoms with Crippen LogP contribution in [-0.2, 0) is 6.54 Å². The van der Waals surface area contributed by atoms with Gasteiger partial charge in [0.05, 0.1) is 22.4 Å². The van der Waals surface area contributed by atoms with E-state index in [-0.39, 0.29) is 17.9 Å². The normalized spacial score (nSPS) is 21.7. The Morgan fingerprint density at radius 3 is 2.77 bits per heavy atom. The molecule has 0 amide bonds. The topological polar surface area (TPSA) is 84.9 Å². The molecule has 3 aromatic rings. The van der Waals surface area contributed by atoms with Gasteiger partial charge in [-0.1, -0.05) is 11.6 Å². The number of imidazole rings is 1. The second kappa shape index (κ2) is 7.67. The summed E-state index contributed by atoms with van der Waals surface area (Å²) < 4.78 is 17.0. The lowest BCUT2D eigenvalue weighted by Gasteiger charge is -2.26. The summed E-state index contributed by atoms with van der Waals surface area (Å²) in [6.45, 7) is 1.73. The Labute approximate surface area is 179 Å². The molecule has 0 spiro atoms. The average Bonchev–Trinajstić information content (AvgIpc) is 3.12. The van der Waals surface area contributed by atoms with E-state index >= 15 is 0 Å². The highest BCUT2D eigenvalue weighted by Gasteiger charge is 2.23. The molecule has 0 unspecified atom stereocenters. The van der Waals surface area contributed by atoms with Crippen LogP contribution in [0.3, 0.4) is 0 Å². The molecule has 158 valence electrons. The van der Waals surface area contributed by atoms with Crippen molar-refractivity contribution in [2.24, 2.45) is 5.73 Å². The lowest BCUT2D eigenvalue weighted by Crippen LogP contribution is -2.33. The Hall–Kier alpha value is -2.45. The summed E-state index contributed by atoms with van der Waals surface area (Å²) in [5.74, 6) is 0.924. The van der Waals surface area contributed by atoms with Gasteiger partial charge in [-0.15, -0.1) is 0 Å². The zero-order valence-electron chi connectivity index (χ0n) is 16.9. The number of fused-ring (bicyclic) bond motifs is 3. The summed E-state index contributed by atoms with van der Waals surface area (Å²) in [4.78, 5) is 15.5. The van der Waals surface area contributed by atoms with Crippen molar-refractivity contribution < 1.29 is 4.39 Å². The van der Waals surface area contributed by atoms with E-state index in [4.69, 9.17) is 17.3 Å². The van der Waals surface area contributed by atoms with Gasteiger partial charge in [-0.3, -0.25) is 0 Å². The largest absolute Gasteiger partial charge is 0.351 e. The minimum Gasteiger partial charge on any atom is -0.351 e. The molecule has 1 aliphatic heterocycles. The summed E-state index contributed by atoms with van der Waals surface area (Å²) in [6.07, 6.45) is 6.51. The van der Waals surface area contributed by atoms with Gasteiger partial charge in [-0.2, -0.15) is 0 Å². The highest BCUT2D eigenvalue weighted by atomic mass is 35.5. The minimum atomic E-state index is -0.372. The van der Waals surface area contributed by atoms with Crippen LogP contribution in [0.15, 0.2) is 18.3 Å². The van der Waals surface area contributed by atoms with Crippen LogP contribution in [0.1, 0.15) is 32.1 Å². The Kier molecular flexibility index (Phi) is 4.99. The lowest BCUT2D eigenvalue weighted by molar-refractivity contribution is 0.410. The summed E-state index contributed by atoms with van der Waals surface area (Å²) in [7, 11) is 1.98. The molecule has 1 aliphatic carbocycles. The molecule has 0 radical (unpaired) electrons. The van der Waals surface area contributed by atoms with E-state index in [0.717, 1.165) is 56.7 Å². The molecule has 3 heterocycles. The van der Waals surface area contributed by atoms with Gasteiger partial charge in [0.15, 0.2) is 5.82 Å². The van der Waals surface area contributed by atoms with E-state index in [1.165, 1.54) is 6.07 Å². The number of hydrogen-bond acceptors (Lipinski definition) is 6. The molecule has 5 rings (SSSR count). The molecule has 3 N–H and O–H groups in total. The third kappa shape index (κ3) is 3.48. The number of aryl methyl sites for hydroxylation is 1. The number of nitrogens with zero attached hydrogens (tertiary/aromatic N) is 5. The molecule has 1 aromatic carbocycles. The van der Waals surface area contributed by atoms with Crippen molar-refractivity contribution in [1.82, 2.24) is 19.5 Å². The zero-order valence-corrected chi connectivity index (χ0v) is 17.7. The van der Waals surface area contributed by atoms with E-state index < -0.39 is 0 Å². The quantitative estimate of drug-likeness (QED) is 0.658. The second-order valence-corrected chi connectivity index (χ2v) is 8.72. The number of nitrogens with one attached hydrogen (secondary N) is 1. The molecule has 2 aromatic heterocycles. The fourth-order valence-electron chi connectivity index (χ4n) is 4.47. The standard InChI is InChI=1S/C21H25ClFN7/c1-29-7-2-8-30-17-10-12(9-16(23)19(17)28-21(29)30)18-15(22)11-25-20(27-18)26-14-5-3-13(24)4-6-14/h9-11,13-14H,2-8,24H2,1H3,(H,25,26,27). The van der Waals surface area contributed by atoms with Crippen LogP contribution in [0, 0.1) is 5.82 Å². The second-order valence-electron chi connectivity index (χ2n) is 8.31. The first-order valence-electron chi connectivity index (χ1n) is 10.5. The fraction of sp³-hybridized carbons (Fsp3) is 0.476. The van der Waals surface area contributed by atoms with Crippen molar-refractivity contribution >= 4 is 34.5 Å². The van der Waals surface area contributed by atoms with Crippen LogP contribution in [-0.4, -0.2) is 45.2 Å². The Morgan fingerprint density at radius 1 is 1.17 bits per heavy atom. The molecule has 0 bridgehead atoms. The first-order valence-corrected chi connectivity index (χ1v) is 10.8. The molecule has 9 heteroatoms. The van der Waals surface area contributed by atoms with Crippen LogP contribution in [0.5, 0.6) is 0 Å². The van der Waals surface area contributed by atoms with Crippen LogP contribution >= 0.6 is 11.6 Å². The van der Waals surface area contributed by atoms with Crippen LogP contribution in [0.4, 0.5) is 16.3 Å². The number of anilines is 2. The van der Waals surface area contributed by atoms with Crippen LogP contribution in [0.2, 0.25) is 5.02 Å². The predicted molar refractivity (Wildman–Crippen MR) is 117 cm³/mol. The van der Waals surface area contributed by atoms with Crippen molar-refractivity contribution in [3.05, 3.63) is 29.2 Å². The van der Waals surface area contributed by atoms with E-state index in [2.05, 4.69) is 29.7 Å². The maximum Gasteiger partial charge on any atom is 0.223 e. The molecule has 2 aliphatic rings.